The molecule has 3 nitrogen and oxygen atoms in total. The molecule has 0 unspecified atom stereocenters. The SMILES string of the molecule is CCCOc1cccc(Nc2cc(C)cc(F)c2)c1N. The summed E-state index contributed by atoms with van der Waals surface area (Å²) >= 11 is 0. The largest absolute Gasteiger partial charge is 0.491 e. The molecule has 0 saturated heterocycles. The fourth-order valence-corrected chi connectivity index (χ4v) is 1.95. The first-order valence-corrected chi connectivity index (χ1v) is 6.65. The molecule has 0 radical (unpaired) electrons. The van der Waals surface area contributed by atoms with Crippen molar-refractivity contribution < 1.29 is 9.13 Å². The summed E-state index contributed by atoms with van der Waals surface area (Å²) < 4.78 is 19.0. The topological polar surface area (TPSA) is 47.3 Å². The lowest BCUT2D eigenvalue weighted by Gasteiger charge is -2.14. The molecule has 106 valence electrons. The van der Waals surface area contributed by atoms with E-state index >= 15 is 0 Å². The molecule has 0 fully saturated rings. The molecule has 4 heteroatoms. The highest BCUT2D eigenvalue weighted by molar-refractivity contribution is 5.77. The number of benzene rings is 2. The molecule has 0 heterocycles. The molecule has 0 saturated carbocycles. The quantitative estimate of drug-likeness (QED) is 0.801. The van der Waals surface area contributed by atoms with Gasteiger partial charge in [-0.05, 0) is 49.2 Å². The van der Waals surface area contributed by atoms with E-state index in [-0.39, 0.29) is 5.82 Å². The lowest BCUT2D eigenvalue weighted by molar-refractivity contribution is 0.319. The Kier molecular flexibility index (Phi) is 4.45. The zero-order valence-electron chi connectivity index (χ0n) is 11.7. The van der Waals surface area contributed by atoms with Crippen LogP contribution in [0.3, 0.4) is 0 Å². The fraction of sp³-hybridized carbons (Fsp3) is 0.250. The maximum absolute atomic E-state index is 13.4. The molecule has 3 N–H and O–H groups in total. The molecule has 2 aromatic carbocycles. The average molecular weight is 274 g/mol. The summed E-state index contributed by atoms with van der Waals surface area (Å²) in [7, 11) is 0. The second kappa shape index (κ2) is 6.28. The normalized spacial score (nSPS) is 10.3. The molecule has 0 spiro atoms. The first kappa shape index (κ1) is 14.2. The third-order valence-corrected chi connectivity index (χ3v) is 2.85. The van der Waals surface area contributed by atoms with Crippen molar-refractivity contribution in [3.63, 3.8) is 0 Å². The summed E-state index contributed by atoms with van der Waals surface area (Å²) in [6, 6.07) is 10.3. The zero-order valence-corrected chi connectivity index (χ0v) is 11.7. The van der Waals surface area contributed by atoms with Gasteiger partial charge in [-0.2, -0.15) is 0 Å². The van der Waals surface area contributed by atoms with Gasteiger partial charge in [0.2, 0.25) is 0 Å². The van der Waals surface area contributed by atoms with Gasteiger partial charge in [0.1, 0.15) is 11.6 Å². The number of rotatable bonds is 5. The summed E-state index contributed by atoms with van der Waals surface area (Å²) in [4.78, 5) is 0. The van der Waals surface area contributed by atoms with Crippen molar-refractivity contribution in [2.24, 2.45) is 0 Å². The van der Waals surface area contributed by atoms with E-state index in [1.807, 2.05) is 38.1 Å². The van der Waals surface area contributed by atoms with Crippen molar-refractivity contribution in [2.75, 3.05) is 17.7 Å². The fourth-order valence-electron chi connectivity index (χ4n) is 1.95. The molecule has 0 aliphatic carbocycles. The molecule has 0 aliphatic rings. The van der Waals surface area contributed by atoms with Crippen LogP contribution < -0.4 is 15.8 Å². The summed E-state index contributed by atoms with van der Waals surface area (Å²) in [6.07, 6.45) is 0.917. The lowest BCUT2D eigenvalue weighted by atomic mass is 10.2. The molecular formula is C16H19FN2O. The Morgan fingerprint density at radius 1 is 1.25 bits per heavy atom. The third kappa shape index (κ3) is 3.41. The molecule has 20 heavy (non-hydrogen) atoms. The Balaban J connectivity index is 2.24. The number of nitrogens with one attached hydrogen (secondary N) is 1. The average Bonchev–Trinajstić information content (AvgIpc) is 2.38. The van der Waals surface area contributed by atoms with Gasteiger partial charge in [-0.1, -0.05) is 13.0 Å². The minimum absolute atomic E-state index is 0.274. The molecule has 2 aromatic rings. The smallest absolute Gasteiger partial charge is 0.144 e. The predicted octanol–water partition coefficient (Wildman–Crippen LogP) is 4.25. The number of nitrogen functional groups attached to an aromatic ring is 1. The summed E-state index contributed by atoms with van der Waals surface area (Å²) in [5, 5.41) is 3.13. The van der Waals surface area contributed by atoms with Crippen LogP contribution in [0, 0.1) is 12.7 Å². The highest BCUT2D eigenvalue weighted by atomic mass is 19.1. The number of ether oxygens (including phenoxy) is 1. The van der Waals surface area contributed by atoms with Gasteiger partial charge in [0.05, 0.1) is 18.0 Å². The van der Waals surface area contributed by atoms with Crippen molar-refractivity contribution in [1.29, 1.82) is 0 Å². The van der Waals surface area contributed by atoms with E-state index in [1.54, 1.807) is 0 Å². The first-order chi connectivity index (χ1) is 9.60. The molecule has 0 aromatic heterocycles. The van der Waals surface area contributed by atoms with Gasteiger partial charge in [-0.15, -0.1) is 0 Å². The van der Waals surface area contributed by atoms with E-state index in [9.17, 15) is 4.39 Å². The van der Waals surface area contributed by atoms with Crippen LogP contribution in [0.5, 0.6) is 5.75 Å². The van der Waals surface area contributed by atoms with Crippen molar-refractivity contribution in [3.05, 3.63) is 47.8 Å². The molecule has 0 aliphatic heterocycles. The van der Waals surface area contributed by atoms with Gasteiger partial charge < -0.3 is 15.8 Å². The first-order valence-electron chi connectivity index (χ1n) is 6.65. The highest BCUT2D eigenvalue weighted by Crippen LogP contribution is 2.32. The van der Waals surface area contributed by atoms with Crippen LogP contribution in [0.15, 0.2) is 36.4 Å². The van der Waals surface area contributed by atoms with Crippen molar-refractivity contribution in [1.82, 2.24) is 0 Å². The minimum atomic E-state index is -0.274. The van der Waals surface area contributed by atoms with Gasteiger partial charge >= 0.3 is 0 Å². The standard InChI is InChI=1S/C16H19FN2O/c1-3-7-20-15-6-4-5-14(16(15)18)19-13-9-11(2)8-12(17)10-13/h4-6,8-10,19H,3,7,18H2,1-2H3. The molecule has 0 bridgehead atoms. The van der Waals surface area contributed by atoms with Crippen LogP contribution in [0.25, 0.3) is 0 Å². The predicted molar refractivity (Wildman–Crippen MR) is 81.1 cm³/mol. The van der Waals surface area contributed by atoms with Gasteiger partial charge in [0.25, 0.3) is 0 Å². The van der Waals surface area contributed by atoms with E-state index in [2.05, 4.69) is 5.32 Å². The lowest BCUT2D eigenvalue weighted by Crippen LogP contribution is -2.02. The number of para-hydroxylation sites is 1. The van der Waals surface area contributed by atoms with Crippen LogP contribution >= 0.6 is 0 Å². The van der Waals surface area contributed by atoms with Crippen molar-refractivity contribution in [3.8, 4) is 5.75 Å². The van der Waals surface area contributed by atoms with E-state index in [4.69, 9.17) is 10.5 Å². The zero-order chi connectivity index (χ0) is 14.5. The summed E-state index contributed by atoms with van der Waals surface area (Å²) in [6.45, 7) is 4.50. The van der Waals surface area contributed by atoms with Gasteiger partial charge in [-0.3, -0.25) is 0 Å². The molecule has 0 amide bonds. The third-order valence-electron chi connectivity index (χ3n) is 2.85. The number of hydrogen-bond donors (Lipinski definition) is 2. The number of hydrogen-bond acceptors (Lipinski definition) is 3. The van der Waals surface area contributed by atoms with Gasteiger partial charge in [0, 0.05) is 5.69 Å². The molecule has 2 rings (SSSR count). The number of nitrogens with two attached hydrogens (primary N) is 1. The maximum Gasteiger partial charge on any atom is 0.144 e. The Morgan fingerprint density at radius 2 is 2.05 bits per heavy atom. The van der Waals surface area contributed by atoms with Crippen LogP contribution in [-0.2, 0) is 0 Å². The van der Waals surface area contributed by atoms with E-state index in [0.717, 1.165) is 12.0 Å². The second-order valence-electron chi connectivity index (χ2n) is 4.71. The highest BCUT2D eigenvalue weighted by Gasteiger charge is 2.07. The van der Waals surface area contributed by atoms with Crippen LogP contribution in [-0.4, -0.2) is 6.61 Å². The van der Waals surface area contributed by atoms with Gasteiger partial charge in [0.15, 0.2) is 0 Å². The van der Waals surface area contributed by atoms with Crippen LogP contribution in [0.1, 0.15) is 18.9 Å². The number of aryl methyl sites for hydroxylation is 1. The van der Waals surface area contributed by atoms with Crippen LogP contribution in [0.4, 0.5) is 21.5 Å². The number of anilines is 3. The second-order valence-corrected chi connectivity index (χ2v) is 4.71. The monoisotopic (exact) mass is 274 g/mol. The summed E-state index contributed by atoms with van der Waals surface area (Å²) in [5.74, 6) is 0.370. The maximum atomic E-state index is 13.4. The molecule has 0 atom stereocenters. The van der Waals surface area contributed by atoms with Crippen LogP contribution in [0.2, 0.25) is 0 Å². The van der Waals surface area contributed by atoms with Crippen molar-refractivity contribution >= 4 is 17.1 Å². The summed E-state index contributed by atoms with van der Waals surface area (Å²) in [5.41, 5.74) is 8.83. The molecular weight excluding hydrogens is 255 g/mol. The Bertz CT molecular complexity index is 579. The van der Waals surface area contributed by atoms with E-state index < -0.39 is 0 Å². The number of halogens is 1. The van der Waals surface area contributed by atoms with E-state index in [0.29, 0.717) is 29.4 Å². The van der Waals surface area contributed by atoms with Crippen molar-refractivity contribution in [2.45, 2.75) is 20.3 Å². The Hall–Kier alpha value is -2.23. The minimum Gasteiger partial charge on any atom is -0.491 e. The Morgan fingerprint density at radius 3 is 2.75 bits per heavy atom. The van der Waals surface area contributed by atoms with Gasteiger partial charge in [-0.25, -0.2) is 4.39 Å². The van der Waals surface area contributed by atoms with E-state index in [1.165, 1.54) is 12.1 Å². The Labute approximate surface area is 118 Å².